The van der Waals surface area contributed by atoms with Gasteiger partial charge < -0.3 is 19.9 Å². The lowest BCUT2D eigenvalue weighted by Crippen LogP contribution is -2.40. The van der Waals surface area contributed by atoms with E-state index < -0.39 is 0 Å². The van der Waals surface area contributed by atoms with E-state index in [1.54, 1.807) is 0 Å². The van der Waals surface area contributed by atoms with Crippen molar-refractivity contribution in [3.05, 3.63) is 57.8 Å². The van der Waals surface area contributed by atoms with Gasteiger partial charge in [-0.05, 0) is 25.0 Å². The Kier molecular flexibility index (Phi) is 9.40. The maximum Gasteiger partial charge on any atom is 0.191 e. The van der Waals surface area contributed by atoms with Crippen LogP contribution in [0.1, 0.15) is 30.7 Å². The molecule has 1 aromatic heterocycles. The number of ether oxygens (including phenoxy) is 1. The number of guanidine groups is 1. The summed E-state index contributed by atoms with van der Waals surface area (Å²) >= 11 is 12.2. The minimum absolute atomic E-state index is 0. The molecule has 0 spiro atoms. The predicted octanol–water partition coefficient (Wildman–Crippen LogP) is 4.78. The fourth-order valence-corrected chi connectivity index (χ4v) is 3.74. The second-order valence-electron chi connectivity index (χ2n) is 6.66. The molecule has 0 amide bonds. The molecule has 0 radical (unpaired) electrons. The molecule has 0 aliphatic carbocycles. The van der Waals surface area contributed by atoms with Crippen LogP contribution in [0.4, 0.5) is 0 Å². The summed E-state index contributed by atoms with van der Waals surface area (Å²) in [5.41, 5.74) is 2.20. The predicted molar refractivity (Wildman–Crippen MR) is 127 cm³/mol. The zero-order chi connectivity index (χ0) is 19.2. The number of nitrogens with zero attached hydrogens (tertiary/aromatic N) is 2. The zero-order valence-corrected chi connectivity index (χ0v) is 20.0. The second kappa shape index (κ2) is 11.3. The third-order valence-electron chi connectivity index (χ3n) is 4.83. The van der Waals surface area contributed by atoms with Crippen molar-refractivity contribution < 1.29 is 4.74 Å². The van der Waals surface area contributed by atoms with Crippen LogP contribution in [0.5, 0.6) is 0 Å². The monoisotopic (exact) mass is 536 g/mol. The average Bonchev–Trinajstić information content (AvgIpc) is 3.25. The van der Waals surface area contributed by atoms with Gasteiger partial charge in [0.1, 0.15) is 5.15 Å². The van der Waals surface area contributed by atoms with Crippen molar-refractivity contribution in [3.8, 4) is 0 Å². The van der Waals surface area contributed by atoms with Gasteiger partial charge in [-0.1, -0.05) is 53.5 Å². The van der Waals surface area contributed by atoms with Gasteiger partial charge in [-0.15, -0.1) is 24.0 Å². The number of halogens is 3. The first kappa shape index (κ1) is 23.3. The minimum atomic E-state index is 0. The Morgan fingerprint density at radius 3 is 2.64 bits per heavy atom. The highest BCUT2D eigenvalue weighted by Gasteiger charge is 2.29. The topological polar surface area (TPSA) is 50.6 Å². The number of hydrogen-bond acceptors (Lipinski definition) is 2. The summed E-state index contributed by atoms with van der Waals surface area (Å²) in [6.07, 6.45) is 1.17. The summed E-state index contributed by atoms with van der Waals surface area (Å²) in [7, 11) is 1.89. The quantitative estimate of drug-likeness (QED) is 0.317. The van der Waals surface area contributed by atoms with Crippen LogP contribution in [0.2, 0.25) is 10.2 Å². The molecule has 2 atom stereocenters. The van der Waals surface area contributed by atoms with Crippen LogP contribution in [-0.4, -0.2) is 30.2 Å². The van der Waals surface area contributed by atoms with E-state index >= 15 is 0 Å². The summed E-state index contributed by atoms with van der Waals surface area (Å²) in [4.78, 5) is 4.67. The Morgan fingerprint density at radius 1 is 1.25 bits per heavy atom. The summed E-state index contributed by atoms with van der Waals surface area (Å²) < 4.78 is 7.83. The normalized spacial score (nSPS) is 19.4. The molecule has 2 unspecified atom stereocenters. The number of benzene rings is 1. The van der Waals surface area contributed by atoms with Gasteiger partial charge in [0, 0.05) is 38.4 Å². The molecule has 1 saturated heterocycles. The lowest BCUT2D eigenvalue weighted by molar-refractivity contribution is 0.0915. The minimum Gasteiger partial charge on any atom is -0.373 e. The van der Waals surface area contributed by atoms with Crippen LogP contribution in [0.15, 0.2) is 41.4 Å². The number of rotatable bonds is 6. The smallest absolute Gasteiger partial charge is 0.191 e. The maximum absolute atomic E-state index is 6.13. The van der Waals surface area contributed by atoms with Crippen LogP contribution in [0.3, 0.4) is 0 Å². The second-order valence-corrected chi connectivity index (χ2v) is 7.43. The van der Waals surface area contributed by atoms with Crippen LogP contribution < -0.4 is 10.6 Å². The Bertz CT molecular complexity index is 782. The first-order chi connectivity index (χ1) is 13.1. The molecule has 2 aromatic rings. The molecule has 0 saturated carbocycles. The van der Waals surface area contributed by atoms with Gasteiger partial charge in [0.05, 0.1) is 17.7 Å². The van der Waals surface area contributed by atoms with Crippen LogP contribution in [0, 0.1) is 5.92 Å². The Hall–Kier alpha value is -0.960. The van der Waals surface area contributed by atoms with Gasteiger partial charge in [0.2, 0.25) is 0 Å². The summed E-state index contributed by atoms with van der Waals surface area (Å²) in [6.45, 7) is 4.95. The molecule has 3 rings (SSSR count). The Labute approximate surface area is 193 Å². The lowest BCUT2D eigenvalue weighted by atomic mass is 9.95. The van der Waals surface area contributed by atoms with Crippen LogP contribution in [-0.2, 0) is 18.3 Å². The highest BCUT2D eigenvalue weighted by Crippen LogP contribution is 2.33. The molecule has 0 bridgehead atoms. The van der Waals surface area contributed by atoms with E-state index in [-0.39, 0.29) is 30.1 Å². The molecular weight excluding hydrogens is 510 g/mol. The molecule has 2 heterocycles. The lowest BCUT2D eigenvalue weighted by Gasteiger charge is -2.21. The first-order valence-electron chi connectivity index (χ1n) is 9.28. The number of hydrogen-bond donors (Lipinski definition) is 2. The number of aliphatic imine (C=N–C) groups is 1. The molecule has 28 heavy (non-hydrogen) atoms. The van der Waals surface area contributed by atoms with E-state index in [0.717, 1.165) is 37.8 Å². The summed E-state index contributed by atoms with van der Waals surface area (Å²) in [5.74, 6) is 1.19. The molecule has 5 nitrogen and oxygen atoms in total. The largest absolute Gasteiger partial charge is 0.373 e. The fourth-order valence-electron chi connectivity index (χ4n) is 3.32. The van der Waals surface area contributed by atoms with Crippen molar-refractivity contribution in [2.75, 3.05) is 19.7 Å². The van der Waals surface area contributed by atoms with Crippen LogP contribution in [0.25, 0.3) is 0 Å². The van der Waals surface area contributed by atoms with Gasteiger partial charge in [0.25, 0.3) is 0 Å². The first-order valence-corrected chi connectivity index (χ1v) is 10.0. The Morgan fingerprint density at radius 2 is 2.00 bits per heavy atom. The summed E-state index contributed by atoms with van der Waals surface area (Å²) in [5, 5.41) is 7.84. The van der Waals surface area contributed by atoms with Crippen molar-refractivity contribution in [2.45, 2.75) is 26.0 Å². The fraction of sp³-hybridized carbons (Fsp3) is 0.450. The van der Waals surface area contributed by atoms with Gasteiger partial charge in [0.15, 0.2) is 5.96 Å². The highest BCUT2D eigenvalue weighted by atomic mass is 127. The Balaban J connectivity index is 0.00000280. The van der Waals surface area contributed by atoms with Gasteiger partial charge in [-0.2, -0.15) is 0 Å². The van der Waals surface area contributed by atoms with Crippen molar-refractivity contribution in [1.29, 1.82) is 0 Å². The standard InChI is InChI=1S/C20H26Cl2N4O.HI/c1-3-23-20(25-13-16-11-17(21)19(22)26(16)2)24-12-15-9-10-27-18(15)14-7-5-4-6-8-14;/h4-8,11,15,18H,3,9-10,12-13H2,1-2H3,(H2,23,24,25);1H. The van der Waals surface area contributed by atoms with Gasteiger partial charge in [-0.3, -0.25) is 0 Å². The van der Waals surface area contributed by atoms with Gasteiger partial charge >= 0.3 is 0 Å². The van der Waals surface area contributed by atoms with Crippen molar-refractivity contribution >= 4 is 53.1 Å². The summed E-state index contributed by atoms with van der Waals surface area (Å²) in [6, 6.07) is 12.3. The van der Waals surface area contributed by atoms with Crippen molar-refractivity contribution in [3.63, 3.8) is 0 Å². The van der Waals surface area contributed by atoms with Crippen LogP contribution >= 0.6 is 47.2 Å². The maximum atomic E-state index is 6.13. The molecule has 1 aliphatic heterocycles. The third-order valence-corrected chi connectivity index (χ3v) is 5.68. The highest BCUT2D eigenvalue weighted by molar-refractivity contribution is 14.0. The molecule has 2 N–H and O–H groups in total. The molecule has 1 aliphatic rings. The molecule has 1 aromatic carbocycles. The van der Waals surface area contributed by atoms with E-state index in [4.69, 9.17) is 27.9 Å². The molecule has 154 valence electrons. The number of nitrogens with one attached hydrogen (secondary N) is 2. The third kappa shape index (κ3) is 5.78. The average molecular weight is 537 g/mol. The van der Waals surface area contributed by atoms with E-state index in [1.165, 1.54) is 5.56 Å². The SMILES string of the molecule is CCNC(=NCc1cc(Cl)c(Cl)n1C)NCC1CCOC1c1ccccc1.I. The molecule has 1 fully saturated rings. The zero-order valence-electron chi connectivity index (χ0n) is 16.1. The van der Waals surface area contributed by atoms with Crippen molar-refractivity contribution in [2.24, 2.45) is 18.0 Å². The van der Waals surface area contributed by atoms with E-state index in [9.17, 15) is 0 Å². The number of aromatic nitrogens is 1. The molecule has 8 heteroatoms. The van der Waals surface area contributed by atoms with Gasteiger partial charge in [-0.25, -0.2) is 4.99 Å². The van der Waals surface area contributed by atoms with E-state index in [2.05, 4.69) is 46.8 Å². The van der Waals surface area contributed by atoms with E-state index in [0.29, 0.717) is 22.6 Å². The van der Waals surface area contributed by atoms with E-state index in [1.807, 2.05) is 23.7 Å². The molecular formula is C20H27Cl2IN4O. The van der Waals surface area contributed by atoms with Crippen molar-refractivity contribution in [1.82, 2.24) is 15.2 Å².